The summed E-state index contributed by atoms with van der Waals surface area (Å²) in [6, 6.07) is 21.7. The molecule has 4 N–H and O–H groups in total. The van der Waals surface area contributed by atoms with Crippen LogP contribution in [0.15, 0.2) is 77.3 Å². The number of quaternary nitrogens is 1. The van der Waals surface area contributed by atoms with Gasteiger partial charge in [-0.05, 0) is 48.9 Å². The number of ether oxygens (including phenoxy) is 2. The highest BCUT2D eigenvalue weighted by atomic mass is 79.9. The second-order valence-corrected chi connectivity index (χ2v) is 8.21. The number of nitrogens with two attached hydrogens (primary N) is 1. The zero-order chi connectivity index (χ0) is 21.8. The van der Waals surface area contributed by atoms with Crippen LogP contribution >= 0.6 is 15.9 Å². The Bertz CT molecular complexity index is 1080. The molecule has 0 spiro atoms. The quantitative estimate of drug-likeness (QED) is 0.484. The molecule has 3 aromatic carbocycles. The van der Waals surface area contributed by atoms with Crippen molar-refractivity contribution in [2.75, 3.05) is 13.7 Å². The minimum atomic E-state index is -0.116. The van der Waals surface area contributed by atoms with Gasteiger partial charge in [-0.3, -0.25) is 0 Å². The molecule has 6 heteroatoms. The van der Waals surface area contributed by atoms with E-state index in [-0.39, 0.29) is 18.0 Å². The van der Waals surface area contributed by atoms with Gasteiger partial charge in [0.05, 0.1) is 24.8 Å². The van der Waals surface area contributed by atoms with E-state index in [1.54, 1.807) is 13.2 Å². The number of para-hydroxylation sites is 2. The van der Waals surface area contributed by atoms with Crippen LogP contribution in [0.4, 0.5) is 0 Å². The van der Waals surface area contributed by atoms with Gasteiger partial charge in [-0.15, -0.1) is 0 Å². The third-order valence-corrected chi connectivity index (χ3v) is 5.90. The zero-order valence-electron chi connectivity index (χ0n) is 17.5. The number of halogens is 1. The second kappa shape index (κ2) is 9.45. The fourth-order valence-corrected chi connectivity index (χ4v) is 4.16. The molecule has 160 valence electrons. The summed E-state index contributed by atoms with van der Waals surface area (Å²) >= 11 is 3.51. The zero-order valence-corrected chi connectivity index (χ0v) is 19.1. The maximum atomic E-state index is 10.9. The molecule has 3 aromatic rings. The molecule has 1 aliphatic rings. The highest BCUT2D eigenvalue weighted by Crippen LogP contribution is 2.36. The molecule has 0 aromatic heterocycles. The average Bonchev–Trinajstić information content (AvgIpc) is 2.80. The van der Waals surface area contributed by atoms with Crippen molar-refractivity contribution in [3.8, 4) is 17.2 Å². The Balaban J connectivity index is 1.79. The van der Waals surface area contributed by atoms with Crippen LogP contribution in [0.25, 0.3) is 5.70 Å². The number of aromatic hydroxyl groups is 1. The molecule has 0 saturated carbocycles. The first-order chi connectivity index (χ1) is 15.1. The van der Waals surface area contributed by atoms with Crippen molar-refractivity contribution < 1.29 is 19.9 Å². The van der Waals surface area contributed by atoms with E-state index >= 15 is 0 Å². The van der Waals surface area contributed by atoms with Crippen LogP contribution in [0.3, 0.4) is 0 Å². The van der Waals surface area contributed by atoms with Gasteiger partial charge < -0.3 is 25.2 Å². The number of hydrogen-bond donors (Lipinski definition) is 3. The maximum absolute atomic E-state index is 10.9. The molecule has 4 rings (SSSR count). The van der Waals surface area contributed by atoms with Crippen LogP contribution in [0.5, 0.6) is 17.2 Å². The van der Waals surface area contributed by atoms with Gasteiger partial charge in [-0.25, -0.2) is 0 Å². The summed E-state index contributed by atoms with van der Waals surface area (Å²) in [4.78, 5) is 0. The van der Waals surface area contributed by atoms with E-state index in [4.69, 9.17) is 9.47 Å². The fourth-order valence-electron chi connectivity index (χ4n) is 3.89. The predicted octanol–water partition coefficient (Wildman–Crippen LogP) is 4.51. The third kappa shape index (κ3) is 4.55. The van der Waals surface area contributed by atoms with Gasteiger partial charge in [-0.1, -0.05) is 46.3 Å². The van der Waals surface area contributed by atoms with Crippen molar-refractivity contribution >= 4 is 21.6 Å². The molecule has 1 heterocycles. The molecule has 1 aliphatic heterocycles. The summed E-state index contributed by atoms with van der Waals surface area (Å²) in [5.74, 6) is 1.50. The molecule has 2 unspecified atom stereocenters. The van der Waals surface area contributed by atoms with Gasteiger partial charge >= 0.3 is 0 Å². The Kier molecular flexibility index (Phi) is 6.49. The van der Waals surface area contributed by atoms with Gasteiger partial charge in [-0.2, -0.15) is 0 Å². The second-order valence-electron chi connectivity index (χ2n) is 7.30. The molecular weight excluding hydrogens is 456 g/mol. The number of hydrogen-bond acceptors (Lipinski definition) is 4. The molecule has 0 bridgehead atoms. The Morgan fingerprint density at radius 3 is 2.42 bits per heavy atom. The smallest absolute Gasteiger partial charge is 0.190 e. The lowest BCUT2D eigenvalue weighted by atomic mass is 9.97. The number of nitrogens with one attached hydrogen (secondary N) is 1. The van der Waals surface area contributed by atoms with Gasteiger partial charge in [0, 0.05) is 16.2 Å². The Labute approximate surface area is 190 Å². The molecule has 0 radical (unpaired) electrons. The lowest BCUT2D eigenvalue weighted by Crippen LogP contribution is -2.89. The van der Waals surface area contributed by atoms with Crippen molar-refractivity contribution in [3.05, 3.63) is 94.0 Å². The monoisotopic (exact) mass is 481 g/mol. The summed E-state index contributed by atoms with van der Waals surface area (Å²) in [6.45, 7) is 2.41. The van der Waals surface area contributed by atoms with Crippen molar-refractivity contribution in [3.63, 3.8) is 0 Å². The topological polar surface area (TPSA) is 67.3 Å². The van der Waals surface area contributed by atoms with Gasteiger partial charge in [0.25, 0.3) is 0 Å². The lowest BCUT2D eigenvalue weighted by molar-refractivity contribution is -0.731. The van der Waals surface area contributed by atoms with E-state index in [2.05, 4.69) is 50.8 Å². The third-order valence-electron chi connectivity index (χ3n) is 5.38. The first-order valence-electron chi connectivity index (χ1n) is 10.3. The van der Waals surface area contributed by atoms with Crippen LogP contribution in [0, 0.1) is 0 Å². The SMILES string of the molecule is CCOc1cccc(C2C=C(c3ccc(Br)cc3)NC(c3ccccc3OC)[NH2+]2)c1O. The number of phenols is 1. The van der Waals surface area contributed by atoms with Crippen LogP contribution in [-0.4, -0.2) is 18.8 Å². The van der Waals surface area contributed by atoms with E-state index in [9.17, 15) is 5.11 Å². The van der Waals surface area contributed by atoms with E-state index in [0.717, 1.165) is 32.6 Å². The number of benzene rings is 3. The van der Waals surface area contributed by atoms with E-state index in [1.165, 1.54) is 0 Å². The molecule has 2 atom stereocenters. The van der Waals surface area contributed by atoms with Crippen molar-refractivity contribution in [1.29, 1.82) is 0 Å². The van der Waals surface area contributed by atoms with Crippen molar-refractivity contribution in [1.82, 2.24) is 5.32 Å². The van der Waals surface area contributed by atoms with Crippen LogP contribution in [-0.2, 0) is 0 Å². The molecule has 0 saturated heterocycles. The molecule has 5 nitrogen and oxygen atoms in total. The normalized spacial score (nSPS) is 18.1. The summed E-state index contributed by atoms with van der Waals surface area (Å²) in [5, 5.41) is 16.7. The Hall–Kier alpha value is -2.96. The average molecular weight is 482 g/mol. The Morgan fingerprint density at radius 1 is 0.968 bits per heavy atom. The van der Waals surface area contributed by atoms with Crippen LogP contribution < -0.4 is 20.1 Å². The maximum Gasteiger partial charge on any atom is 0.190 e. The standard InChI is InChI=1S/C25H25BrN2O3/c1-3-31-23-10-6-8-18(24(23)29)21-15-20(16-11-13-17(26)14-12-16)27-25(28-21)19-7-4-5-9-22(19)30-2/h4-15,21,25,27-29H,3H2,1-2H3/p+1. The number of phenolic OH excluding ortho intramolecular Hbond substituents is 1. The largest absolute Gasteiger partial charge is 0.504 e. The number of methoxy groups -OCH3 is 1. The molecule has 0 amide bonds. The van der Waals surface area contributed by atoms with E-state index < -0.39 is 0 Å². The number of rotatable bonds is 6. The van der Waals surface area contributed by atoms with Crippen LogP contribution in [0.1, 0.15) is 35.8 Å². The summed E-state index contributed by atoms with van der Waals surface area (Å²) in [7, 11) is 1.68. The predicted molar refractivity (Wildman–Crippen MR) is 125 cm³/mol. The van der Waals surface area contributed by atoms with E-state index in [0.29, 0.717) is 12.4 Å². The molecular formula is C25H26BrN2O3+. The lowest BCUT2D eigenvalue weighted by Gasteiger charge is -2.31. The van der Waals surface area contributed by atoms with Crippen molar-refractivity contribution in [2.45, 2.75) is 19.1 Å². The molecule has 0 fully saturated rings. The van der Waals surface area contributed by atoms with E-state index in [1.807, 2.05) is 49.4 Å². The van der Waals surface area contributed by atoms with Crippen LogP contribution in [0.2, 0.25) is 0 Å². The Morgan fingerprint density at radius 2 is 1.68 bits per heavy atom. The summed E-state index contributed by atoms with van der Waals surface area (Å²) in [6.07, 6.45) is 2.04. The molecule has 31 heavy (non-hydrogen) atoms. The highest BCUT2D eigenvalue weighted by Gasteiger charge is 2.31. The fraction of sp³-hybridized carbons (Fsp3) is 0.200. The minimum Gasteiger partial charge on any atom is -0.504 e. The first kappa shape index (κ1) is 21.3. The van der Waals surface area contributed by atoms with Gasteiger partial charge in [0.2, 0.25) is 0 Å². The molecule has 0 aliphatic carbocycles. The summed E-state index contributed by atoms with van der Waals surface area (Å²) < 4.78 is 12.3. The van der Waals surface area contributed by atoms with Gasteiger partial charge in [0.1, 0.15) is 11.8 Å². The first-order valence-corrected chi connectivity index (χ1v) is 11.1. The van der Waals surface area contributed by atoms with Crippen molar-refractivity contribution in [2.24, 2.45) is 0 Å². The van der Waals surface area contributed by atoms with Gasteiger partial charge in [0.15, 0.2) is 17.7 Å². The highest BCUT2D eigenvalue weighted by molar-refractivity contribution is 9.10. The summed E-state index contributed by atoms with van der Waals surface area (Å²) in [5.41, 5.74) is 3.92. The minimum absolute atomic E-state index is 0.0973.